The van der Waals surface area contributed by atoms with E-state index in [9.17, 15) is 13.2 Å². The quantitative estimate of drug-likeness (QED) is 0.453. The van der Waals surface area contributed by atoms with Crippen molar-refractivity contribution in [2.75, 3.05) is 36.1 Å². The van der Waals surface area contributed by atoms with Crippen LogP contribution in [0.15, 0.2) is 53.5 Å². The van der Waals surface area contributed by atoms with Crippen molar-refractivity contribution in [2.45, 2.75) is 43.7 Å². The Kier molecular flexibility index (Phi) is 5.92. The molecule has 0 radical (unpaired) electrons. The molecule has 2 saturated carbocycles. The monoisotopic (exact) mass is 551 g/mol. The fourth-order valence-corrected chi connectivity index (χ4v) is 7.03. The van der Waals surface area contributed by atoms with Gasteiger partial charge in [0.15, 0.2) is 5.82 Å². The zero-order valence-electron chi connectivity index (χ0n) is 22.0. The first kappa shape index (κ1) is 25.5. The van der Waals surface area contributed by atoms with Crippen LogP contribution in [-0.2, 0) is 12.0 Å². The van der Waals surface area contributed by atoms with E-state index in [0.717, 1.165) is 49.7 Å². The second-order valence-electron chi connectivity index (χ2n) is 11.4. The Morgan fingerprint density at radius 1 is 0.925 bits per heavy atom. The molecule has 7 rings (SSSR count). The van der Waals surface area contributed by atoms with Gasteiger partial charge in [-0.05, 0) is 55.4 Å². The highest BCUT2D eigenvalue weighted by Gasteiger charge is 2.43. The fourth-order valence-electron chi connectivity index (χ4n) is 7.03. The van der Waals surface area contributed by atoms with Gasteiger partial charge >= 0.3 is 6.18 Å². The smallest absolute Gasteiger partial charge is 0.369 e. The van der Waals surface area contributed by atoms with Crippen LogP contribution in [0.5, 0.6) is 0 Å². The molecular formula is C28H32F3N9. The second kappa shape index (κ2) is 9.28. The van der Waals surface area contributed by atoms with Crippen LogP contribution >= 0.6 is 0 Å². The molecule has 2 aliphatic carbocycles. The standard InChI is InChI=1S/C28H32F3N9/c29-27(30,31)25-34-22-4-2-1-3-21(22)24(35-25)40-26(32)36-28(33,37-40)19-7-9-20(10-8-19)38-11-13-39(14-12-38)23-16-17-5-6-18(23)15-17/h1-4,7-10,17-18,23,37H,5-6,11-16,33H2,(H2,32,36). The van der Waals surface area contributed by atoms with Crippen LogP contribution < -0.4 is 26.8 Å². The van der Waals surface area contributed by atoms with Gasteiger partial charge in [-0.15, -0.1) is 0 Å². The third kappa shape index (κ3) is 4.34. The van der Waals surface area contributed by atoms with E-state index < -0.39 is 17.8 Å². The number of benzene rings is 2. The molecule has 0 spiro atoms. The molecule has 3 fully saturated rings. The molecule has 3 heterocycles. The van der Waals surface area contributed by atoms with E-state index in [0.29, 0.717) is 10.9 Å². The van der Waals surface area contributed by atoms with Gasteiger partial charge in [0.1, 0.15) is 0 Å². The Bertz CT molecular complexity index is 1450. The summed E-state index contributed by atoms with van der Waals surface area (Å²) in [6.45, 7) is 4.09. The number of fused-ring (bicyclic) bond motifs is 3. The Hall–Kier alpha value is -3.48. The van der Waals surface area contributed by atoms with E-state index in [-0.39, 0.29) is 17.3 Å². The van der Waals surface area contributed by atoms with Crippen molar-refractivity contribution < 1.29 is 13.2 Å². The van der Waals surface area contributed by atoms with Crippen LogP contribution in [0.25, 0.3) is 10.9 Å². The van der Waals surface area contributed by atoms with E-state index in [1.165, 1.54) is 36.8 Å². The van der Waals surface area contributed by atoms with Crippen molar-refractivity contribution in [2.24, 2.45) is 28.3 Å². The van der Waals surface area contributed by atoms with Crippen molar-refractivity contribution in [1.82, 2.24) is 20.3 Å². The third-order valence-electron chi connectivity index (χ3n) is 9.01. The number of aliphatic imine (C=N–C) groups is 1. The van der Waals surface area contributed by atoms with Crippen molar-refractivity contribution in [1.29, 1.82) is 0 Å². The van der Waals surface area contributed by atoms with Gasteiger partial charge in [-0.3, -0.25) is 10.6 Å². The lowest BCUT2D eigenvalue weighted by Gasteiger charge is -2.42. The molecule has 4 unspecified atom stereocenters. The van der Waals surface area contributed by atoms with Crippen molar-refractivity contribution in [3.8, 4) is 0 Å². The Morgan fingerprint density at radius 2 is 1.68 bits per heavy atom. The molecule has 9 nitrogen and oxygen atoms in total. The molecule has 40 heavy (non-hydrogen) atoms. The molecule has 4 atom stereocenters. The molecule has 2 bridgehead atoms. The summed E-state index contributed by atoms with van der Waals surface area (Å²) in [7, 11) is 0. The van der Waals surface area contributed by atoms with Crippen LogP contribution in [0.4, 0.5) is 24.7 Å². The number of hydrazine groups is 1. The number of aromatic nitrogens is 2. The summed E-state index contributed by atoms with van der Waals surface area (Å²) in [5, 5.41) is 1.58. The Balaban J connectivity index is 1.08. The first-order valence-corrected chi connectivity index (χ1v) is 13.8. The number of guanidine groups is 1. The van der Waals surface area contributed by atoms with Gasteiger partial charge in [-0.2, -0.15) is 18.6 Å². The maximum absolute atomic E-state index is 13.6. The van der Waals surface area contributed by atoms with Crippen LogP contribution in [0.3, 0.4) is 0 Å². The van der Waals surface area contributed by atoms with E-state index in [1.807, 2.05) is 24.3 Å². The number of alkyl halides is 3. The highest BCUT2D eigenvalue weighted by Crippen LogP contribution is 2.47. The molecule has 2 aliphatic heterocycles. The predicted octanol–water partition coefficient (Wildman–Crippen LogP) is 3.37. The van der Waals surface area contributed by atoms with Crippen LogP contribution in [0, 0.1) is 11.8 Å². The van der Waals surface area contributed by atoms with E-state index in [2.05, 4.69) is 30.2 Å². The summed E-state index contributed by atoms with van der Waals surface area (Å²) in [5.41, 5.74) is 17.6. The zero-order valence-corrected chi connectivity index (χ0v) is 22.0. The number of nitrogens with two attached hydrogens (primary N) is 2. The van der Waals surface area contributed by atoms with Crippen LogP contribution in [0.1, 0.15) is 37.1 Å². The lowest BCUT2D eigenvalue weighted by Crippen LogP contribution is -2.53. The maximum atomic E-state index is 13.6. The van der Waals surface area contributed by atoms with E-state index in [1.54, 1.807) is 18.2 Å². The van der Waals surface area contributed by atoms with Gasteiger partial charge in [0.25, 0.3) is 0 Å². The van der Waals surface area contributed by atoms with Crippen molar-refractivity contribution in [3.63, 3.8) is 0 Å². The molecule has 2 aromatic carbocycles. The highest BCUT2D eigenvalue weighted by atomic mass is 19.4. The fraction of sp³-hybridized carbons (Fsp3) is 0.464. The molecule has 12 heteroatoms. The number of nitrogens with zero attached hydrogens (tertiary/aromatic N) is 6. The minimum absolute atomic E-state index is 0.0727. The first-order valence-electron chi connectivity index (χ1n) is 13.8. The molecule has 210 valence electrons. The molecular weight excluding hydrogens is 519 g/mol. The largest absolute Gasteiger partial charge is 0.451 e. The van der Waals surface area contributed by atoms with Gasteiger partial charge in [0.2, 0.25) is 17.6 Å². The summed E-state index contributed by atoms with van der Waals surface area (Å²) in [4.78, 5) is 16.9. The number of piperazine rings is 1. The average molecular weight is 552 g/mol. The topological polar surface area (TPSA) is 112 Å². The summed E-state index contributed by atoms with van der Waals surface area (Å²) < 4.78 is 40.7. The minimum Gasteiger partial charge on any atom is -0.369 e. The van der Waals surface area contributed by atoms with Crippen molar-refractivity contribution >= 4 is 28.4 Å². The highest BCUT2D eigenvalue weighted by molar-refractivity contribution is 6.02. The van der Waals surface area contributed by atoms with Gasteiger partial charge in [-0.25, -0.2) is 20.0 Å². The summed E-state index contributed by atoms with van der Waals surface area (Å²) in [6, 6.07) is 15.0. The lowest BCUT2D eigenvalue weighted by molar-refractivity contribution is -0.144. The molecule has 3 aromatic rings. The van der Waals surface area contributed by atoms with Gasteiger partial charge in [0.05, 0.1) is 5.52 Å². The van der Waals surface area contributed by atoms with Crippen LogP contribution in [-0.4, -0.2) is 53.0 Å². The number of hydrogen-bond acceptors (Lipinski definition) is 9. The van der Waals surface area contributed by atoms with E-state index >= 15 is 0 Å². The number of anilines is 2. The SMILES string of the molecule is NC1=NC(N)(c2ccc(N3CCN(C4CC5CCC4C5)CC3)cc2)NN1c1nc(C(F)(F)F)nc2ccccc12. The first-order chi connectivity index (χ1) is 19.2. The number of nitrogens with one attached hydrogen (secondary N) is 1. The Morgan fingerprint density at radius 3 is 2.35 bits per heavy atom. The Labute approximate surface area is 230 Å². The summed E-state index contributed by atoms with van der Waals surface area (Å²) >= 11 is 0. The molecule has 1 saturated heterocycles. The predicted molar refractivity (Wildman–Crippen MR) is 147 cm³/mol. The normalized spacial score (nSPS) is 29.0. The summed E-state index contributed by atoms with van der Waals surface area (Å²) in [5.74, 6) is -1.08. The molecule has 1 aromatic heterocycles. The molecule has 0 amide bonds. The number of rotatable bonds is 4. The van der Waals surface area contributed by atoms with Crippen LogP contribution in [0.2, 0.25) is 0 Å². The number of para-hydroxylation sites is 1. The third-order valence-corrected chi connectivity index (χ3v) is 9.01. The zero-order chi connectivity index (χ0) is 27.6. The minimum atomic E-state index is -4.73. The molecule has 4 aliphatic rings. The number of halogens is 3. The summed E-state index contributed by atoms with van der Waals surface area (Å²) in [6.07, 6.45) is 0.870. The maximum Gasteiger partial charge on any atom is 0.451 e. The number of hydrogen-bond donors (Lipinski definition) is 3. The average Bonchev–Trinajstić information content (AvgIpc) is 3.67. The van der Waals surface area contributed by atoms with Gasteiger partial charge in [-0.1, -0.05) is 30.7 Å². The van der Waals surface area contributed by atoms with Gasteiger partial charge in [0, 0.05) is 48.9 Å². The second-order valence-corrected chi connectivity index (χ2v) is 11.4. The molecule has 5 N–H and O–H groups in total. The van der Waals surface area contributed by atoms with Gasteiger partial charge < -0.3 is 10.6 Å². The van der Waals surface area contributed by atoms with E-state index in [4.69, 9.17) is 11.5 Å². The lowest BCUT2D eigenvalue weighted by atomic mass is 9.93. The van der Waals surface area contributed by atoms with Crippen molar-refractivity contribution in [3.05, 3.63) is 59.9 Å².